The molecule has 8 nitrogen and oxygen atoms in total. The summed E-state index contributed by atoms with van der Waals surface area (Å²) >= 11 is 1.14. The molecule has 1 aromatic carbocycles. The van der Waals surface area contributed by atoms with Gasteiger partial charge in [0.05, 0.1) is 23.4 Å². The van der Waals surface area contributed by atoms with Gasteiger partial charge in [-0.15, -0.1) is 11.3 Å². The lowest BCUT2D eigenvalue weighted by Gasteiger charge is -2.18. The van der Waals surface area contributed by atoms with E-state index in [2.05, 4.69) is 15.6 Å². The Labute approximate surface area is 187 Å². The number of primary amides is 1. The molecule has 32 heavy (non-hydrogen) atoms. The Balaban J connectivity index is 1.88. The van der Waals surface area contributed by atoms with E-state index in [1.165, 1.54) is 12.1 Å². The molecule has 0 radical (unpaired) electrons. The van der Waals surface area contributed by atoms with E-state index in [0.717, 1.165) is 11.3 Å². The topological polar surface area (TPSA) is 138 Å². The number of rotatable bonds is 9. The quantitative estimate of drug-likeness (QED) is 0.332. The molecule has 6 N–H and O–H groups in total. The number of nitrogens with two attached hydrogens (primary N) is 1. The zero-order chi connectivity index (χ0) is 23.5. The van der Waals surface area contributed by atoms with Gasteiger partial charge in [-0.3, -0.25) is 9.59 Å². The highest BCUT2D eigenvalue weighted by Crippen LogP contribution is 2.38. The molecule has 168 valence electrons. The summed E-state index contributed by atoms with van der Waals surface area (Å²) in [5, 5.41) is 25.0. The first kappa shape index (κ1) is 23.3. The Kier molecular flexibility index (Phi) is 6.87. The largest absolute Gasteiger partial charge is 0.480 e. The van der Waals surface area contributed by atoms with Gasteiger partial charge in [0.15, 0.2) is 0 Å². The first-order chi connectivity index (χ1) is 15.0. The number of anilines is 2. The second kappa shape index (κ2) is 9.43. The lowest BCUT2D eigenvalue weighted by atomic mass is 9.96. The number of aliphatic carboxylic acids is 1. The van der Waals surface area contributed by atoms with Crippen LogP contribution in [-0.4, -0.2) is 33.6 Å². The van der Waals surface area contributed by atoms with E-state index in [9.17, 15) is 19.1 Å². The lowest BCUT2D eigenvalue weighted by Crippen LogP contribution is -2.22. The van der Waals surface area contributed by atoms with E-state index >= 15 is 0 Å². The van der Waals surface area contributed by atoms with Crippen molar-refractivity contribution in [2.75, 3.05) is 11.9 Å². The maximum atomic E-state index is 14.8. The van der Waals surface area contributed by atoms with Gasteiger partial charge in [0.25, 0.3) is 5.91 Å². The maximum absolute atomic E-state index is 14.8. The number of halogens is 1. The number of thiophene rings is 1. The summed E-state index contributed by atoms with van der Waals surface area (Å²) in [7, 11) is 0. The summed E-state index contributed by atoms with van der Waals surface area (Å²) in [5.41, 5.74) is 5.83. The highest BCUT2D eigenvalue weighted by molar-refractivity contribution is 7.19. The first-order valence-corrected chi connectivity index (χ1v) is 10.5. The average molecular weight is 459 g/mol. The summed E-state index contributed by atoms with van der Waals surface area (Å²) < 4.78 is 14.8. The number of hydrogen-bond acceptors (Lipinski definition) is 7. The van der Waals surface area contributed by atoms with Crippen LogP contribution in [0.25, 0.3) is 10.4 Å². The molecular formula is C22H23FN4O4S. The molecule has 0 saturated carbocycles. The number of aliphatic hydroxyl groups is 1. The van der Waals surface area contributed by atoms with Gasteiger partial charge in [-0.05, 0) is 43.7 Å². The third-order valence-corrected chi connectivity index (χ3v) is 5.65. The summed E-state index contributed by atoms with van der Waals surface area (Å²) in [6, 6.07) is 11.1. The van der Waals surface area contributed by atoms with Crippen LogP contribution in [0, 0.1) is 5.82 Å². The van der Waals surface area contributed by atoms with Crippen molar-refractivity contribution in [2.45, 2.75) is 26.0 Å². The number of aromatic nitrogens is 1. The van der Waals surface area contributed by atoms with Crippen molar-refractivity contribution in [2.24, 2.45) is 5.73 Å². The summed E-state index contributed by atoms with van der Waals surface area (Å²) in [6.07, 6.45) is 0. The van der Waals surface area contributed by atoms with Crippen LogP contribution >= 0.6 is 11.3 Å². The molecule has 0 aliphatic carbocycles. The standard InChI is InChI=1S/C22H23FN4O4S/c1-22(2,31)12-6-7-14(16(23)8-12)17-9-15(20(24)30)21(32-17)27-18-5-3-4-13(26-18)10-25-11-19(28)29/h3-9,25,31H,10-11H2,1-2H3,(H2,24,30)(H,26,27)(H,28,29). The number of carbonyl (C=O) groups is 2. The predicted molar refractivity (Wildman–Crippen MR) is 120 cm³/mol. The zero-order valence-electron chi connectivity index (χ0n) is 17.5. The molecule has 0 bridgehead atoms. The van der Waals surface area contributed by atoms with Crippen molar-refractivity contribution >= 4 is 34.0 Å². The van der Waals surface area contributed by atoms with Gasteiger partial charge in [0.1, 0.15) is 16.6 Å². The number of carboxylic acid groups (broad SMARTS) is 1. The van der Waals surface area contributed by atoms with E-state index in [1.807, 2.05) is 0 Å². The number of carbonyl (C=O) groups excluding carboxylic acids is 1. The van der Waals surface area contributed by atoms with Gasteiger partial charge in [0, 0.05) is 17.0 Å². The minimum atomic E-state index is -1.18. The van der Waals surface area contributed by atoms with Crippen LogP contribution in [0.2, 0.25) is 0 Å². The smallest absolute Gasteiger partial charge is 0.317 e. The number of nitrogens with one attached hydrogen (secondary N) is 2. The Bertz CT molecular complexity index is 1160. The predicted octanol–water partition coefficient (Wildman–Crippen LogP) is 3.19. The van der Waals surface area contributed by atoms with Crippen LogP contribution in [-0.2, 0) is 16.9 Å². The molecule has 0 spiro atoms. The fourth-order valence-electron chi connectivity index (χ4n) is 2.96. The fraction of sp³-hybridized carbons (Fsp3) is 0.227. The van der Waals surface area contributed by atoms with Crippen molar-refractivity contribution in [1.29, 1.82) is 0 Å². The maximum Gasteiger partial charge on any atom is 0.317 e. The highest BCUT2D eigenvalue weighted by Gasteiger charge is 2.21. The van der Waals surface area contributed by atoms with Crippen LogP contribution in [0.15, 0.2) is 42.5 Å². The van der Waals surface area contributed by atoms with Crippen molar-refractivity contribution in [1.82, 2.24) is 10.3 Å². The molecule has 0 saturated heterocycles. The molecule has 0 unspecified atom stereocenters. The molecule has 10 heteroatoms. The summed E-state index contributed by atoms with van der Waals surface area (Å²) in [4.78, 5) is 27.5. The third kappa shape index (κ3) is 5.67. The van der Waals surface area contributed by atoms with E-state index in [-0.39, 0.29) is 24.2 Å². The highest BCUT2D eigenvalue weighted by atomic mass is 32.1. The molecule has 3 rings (SSSR count). The van der Waals surface area contributed by atoms with Gasteiger partial charge >= 0.3 is 5.97 Å². The van der Waals surface area contributed by atoms with E-state index < -0.39 is 23.3 Å². The van der Waals surface area contributed by atoms with Crippen molar-refractivity contribution in [3.05, 3.63) is 65.1 Å². The molecule has 2 heterocycles. The number of benzene rings is 1. The van der Waals surface area contributed by atoms with E-state index in [1.54, 1.807) is 44.2 Å². The van der Waals surface area contributed by atoms with Gasteiger partial charge in [-0.2, -0.15) is 0 Å². The van der Waals surface area contributed by atoms with Crippen molar-refractivity contribution in [3.63, 3.8) is 0 Å². The minimum absolute atomic E-state index is 0.187. The Hall–Kier alpha value is -3.34. The van der Waals surface area contributed by atoms with Crippen LogP contribution < -0.4 is 16.4 Å². The third-order valence-electron chi connectivity index (χ3n) is 4.57. The van der Waals surface area contributed by atoms with Crippen molar-refractivity contribution in [3.8, 4) is 10.4 Å². The van der Waals surface area contributed by atoms with Gasteiger partial charge < -0.3 is 26.6 Å². The van der Waals surface area contributed by atoms with E-state index in [4.69, 9.17) is 10.8 Å². The average Bonchev–Trinajstić information content (AvgIpc) is 3.11. The van der Waals surface area contributed by atoms with Crippen LogP contribution in [0.4, 0.5) is 15.2 Å². The van der Waals surface area contributed by atoms with Gasteiger partial charge in [-0.25, -0.2) is 9.37 Å². The zero-order valence-corrected chi connectivity index (χ0v) is 18.3. The lowest BCUT2D eigenvalue weighted by molar-refractivity contribution is -0.136. The second-order valence-electron chi connectivity index (χ2n) is 7.61. The Morgan fingerprint density at radius 1 is 1.22 bits per heavy atom. The van der Waals surface area contributed by atoms with Crippen LogP contribution in [0.1, 0.15) is 35.5 Å². The van der Waals surface area contributed by atoms with Crippen LogP contribution in [0.5, 0.6) is 0 Å². The second-order valence-corrected chi connectivity index (χ2v) is 8.66. The molecule has 0 aliphatic rings. The summed E-state index contributed by atoms with van der Waals surface area (Å²) in [6.45, 7) is 3.19. The molecule has 1 amide bonds. The molecule has 3 aromatic rings. The van der Waals surface area contributed by atoms with E-state index in [0.29, 0.717) is 27.0 Å². The monoisotopic (exact) mass is 458 g/mol. The number of nitrogens with zero attached hydrogens (tertiary/aromatic N) is 1. The normalized spacial score (nSPS) is 11.4. The molecule has 2 aromatic heterocycles. The first-order valence-electron chi connectivity index (χ1n) is 9.66. The number of amides is 1. The van der Waals surface area contributed by atoms with Gasteiger partial charge in [0.2, 0.25) is 0 Å². The Morgan fingerprint density at radius 2 is 1.97 bits per heavy atom. The SMILES string of the molecule is CC(C)(O)c1ccc(-c2cc(C(N)=O)c(Nc3cccc(CNCC(=O)O)n3)s2)c(F)c1. The molecule has 0 atom stereocenters. The number of hydrogen-bond donors (Lipinski definition) is 5. The van der Waals surface area contributed by atoms with Gasteiger partial charge in [-0.1, -0.05) is 18.2 Å². The minimum Gasteiger partial charge on any atom is -0.480 e. The Morgan fingerprint density at radius 3 is 2.59 bits per heavy atom. The summed E-state index contributed by atoms with van der Waals surface area (Å²) in [5.74, 6) is -1.76. The van der Waals surface area contributed by atoms with Crippen molar-refractivity contribution < 1.29 is 24.2 Å². The number of carboxylic acids is 1. The van der Waals surface area contributed by atoms with Crippen LogP contribution in [0.3, 0.4) is 0 Å². The number of pyridine rings is 1. The molecule has 0 fully saturated rings. The fourth-order valence-corrected chi connectivity index (χ4v) is 4.05. The molecule has 0 aliphatic heterocycles. The molecular weight excluding hydrogens is 435 g/mol.